The molecule has 1 fully saturated rings. The lowest BCUT2D eigenvalue weighted by molar-refractivity contribution is 0.107. The van der Waals surface area contributed by atoms with E-state index in [1.807, 2.05) is 7.05 Å². The summed E-state index contributed by atoms with van der Waals surface area (Å²) in [5.74, 6) is 0.956. The Labute approximate surface area is 187 Å². The maximum absolute atomic E-state index is 4.46. The lowest BCUT2D eigenvalue weighted by atomic mass is 10.2. The van der Waals surface area contributed by atoms with Gasteiger partial charge in [-0.05, 0) is 37.4 Å². The topological polar surface area (TPSA) is 34.1 Å². The third-order valence-corrected chi connectivity index (χ3v) is 5.93. The normalized spacial score (nSPS) is 17.3. The van der Waals surface area contributed by atoms with Gasteiger partial charge in [0.25, 0.3) is 0 Å². The van der Waals surface area contributed by atoms with Crippen molar-refractivity contribution in [2.75, 3.05) is 59.6 Å². The molecule has 0 aliphatic carbocycles. The molecule has 5 nitrogen and oxygen atoms in total. The Morgan fingerprint density at radius 2 is 1.85 bits per heavy atom. The van der Waals surface area contributed by atoms with Gasteiger partial charge in [0.1, 0.15) is 0 Å². The first-order valence-corrected chi connectivity index (χ1v) is 10.8. The second kappa shape index (κ2) is 12.9. The number of nitrogens with one attached hydrogen (secondary N) is 1. The standard InChI is InChI=1S/C20H35N5S.HI/c1-6-24-11-13-25(14-12-24)17(2)15-22-20(21-3)23(4)16-18-7-9-19(26-5)10-8-18;/h7-10,17H,6,11-16H2,1-5H3,(H,21,22);1H. The average Bonchev–Trinajstić information content (AvgIpc) is 2.69. The quantitative estimate of drug-likeness (QED) is 0.267. The Balaban J connectivity index is 0.00000364. The highest BCUT2D eigenvalue weighted by atomic mass is 127. The highest BCUT2D eigenvalue weighted by Gasteiger charge is 2.20. The summed E-state index contributed by atoms with van der Waals surface area (Å²) < 4.78 is 0. The van der Waals surface area contributed by atoms with Crippen LogP contribution in [0, 0.1) is 0 Å². The first-order valence-electron chi connectivity index (χ1n) is 9.58. The van der Waals surface area contributed by atoms with Gasteiger partial charge in [0.05, 0.1) is 0 Å². The van der Waals surface area contributed by atoms with Crippen molar-refractivity contribution in [1.82, 2.24) is 20.0 Å². The van der Waals surface area contributed by atoms with Crippen molar-refractivity contribution in [3.05, 3.63) is 29.8 Å². The molecule has 0 radical (unpaired) electrons. The van der Waals surface area contributed by atoms with Crippen LogP contribution in [0.4, 0.5) is 0 Å². The molecule has 1 atom stereocenters. The van der Waals surface area contributed by atoms with Gasteiger partial charge in [0, 0.05) is 64.3 Å². The van der Waals surface area contributed by atoms with Gasteiger partial charge >= 0.3 is 0 Å². The van der Waals surface area contributed by atoms with Crippen LogP contribution in [0.15, 0.2) is 34.2 Å². The molecule has 1 aliphatic rings. The molecule has 0 amide bonds. The van der Waals surface area contributed by atoms with E-state index < -0.39 is 0 Å². The number of halogens is 1. The van der Waals surface area contributed by atoms with Crippen molar-refractivity contribution in [1.29, 1.82) is 0 Å². The number of thioether (sulfide) groups is 1. The monoisotopic (exact) mass is 505 g/mol. The molecule has 1 aromatic rings. The molecule has 1 aliphatic heterocycles. The van der Waals surface area contributed by atoms with Gasteiger partial charge in [-0.25, -0.2) is 0 Å². The minimum Gasteiger partial charge on any atom is -0.355 e. The summed E-state index contributed by atoms with van der Waals surface area (Å²) in [4.78, 5) is 13.0. The molecule has 1 aromatic carbocycles. The number of likely N-dealkylation sites (N-methyl/N-ethyl adjacent to an activating group) is 1. The van der Waals surface area contributed by atoms with Gasteiger partial charge in [-0.2, -0.15) is 0 Å². The van der Waals surface area contributed by atoms with E-state index in [0.717, 1.165) is 38.7 Å². The van der Waals surface area contributed by atoms with Crippen LogP contribution in [-0.2, 0) is 6.54 Å². The predicted molar refractivity (Wildman–Crippen MR) is 130 cm³/mol. The Morgan fingerprint density at radius 1 is 1.22 bits per heavy atom. The Bertz CT molecular complexity index is 558. The predicted octanol–water partition coefficient (Wildman–Crippen LogP) is 3.06. The fraction of sp³-hybridized carbons (Fsp3) is 0.650. The lowest BCUT2D eigenvalue weighted by Crippen LogP contribution is -2.53. The molecule has 1 unspecified atom stereocenters. The van der Waals surface area contributed by atoms with Crippen molar-refractivity contribution >= 4 is 41.7 Å². The van der Waals surface area contributed by atoms with E-state index in [-0.39, 0.29) is 24.0 Å². The second-order valence-electron chi connectivity index (χ2n) is 6.95. The van der Waals surface area contributed by atoms with Crippen molar-refractivity contribution in [3.8, 4) is 0 Å². The number of nitrogens with zero attached hydrogens (tertiary/aromatic N) is 4. The molecular weight excluding hydrogens is 469 g/mol. The molecule has 2 rings (SSSR count). The summed E-state index contributed by atoms with van der Waals surface area (Å²) in [5, 5.41) is 3.55. The maximum atomic E-state index is 4.46. The van der Waals surface area contributed by atoms with Crippen LogP contribution in [0.5, 0.6) is 0 Å². The molecule has 27 heavy (non-hydrogen) atoms. The SMILES string of the molecule is CCN1CCN(C(C)CNC(=NC)N(C)Cc2ccc(SC)cc2)CC1.I. The Hall–Kier alpha value is -0.510. The van der Waals surface area contributed by atoms with Gasteiger partial charge in [-0.15, -0.1) is 35.7 Å². The van der Waals surface area contributed by atoms with E-state index in [1.54, 1.807) is 11.8 Å². The number of benzene rings is 1. The zero-order valence-electron chi connectivity index (χ0n) is 17.4. The summed E-state index contributed by atoms with van der Waals surface area (Å²) in [6.45, 7) is 12.2. The van der Waals surface area contributed by atoms with Gasteiger partial charge < -0.3 is 15.1 Å². The minimum atomic E-state index is 0. The number of hydrogen-bond donors (Lipinski definition) is 1. The largest absolute Gasteiger partial charge is 0.355 e. The molecule has 0 bridgehead atoms. The molecule has 0 spiro atoms. The van der Waals surface area contributed by atoms with Crippen LogP contribution < -0.4 is 5.32 Å². The smallest absolute Gasteiger partial charge is 0.193 e. The van der Waals surface area contributed by atoms with Crippen molar-refractivity contribution in [3.63, 3.8) is 0 Å². The van der Waals surface area contributed by atoms with E-state index in [1.165, 1.54) is 23.5 Å². The zero-order chi connectivity index (χ0) is 18.9. The average molecular weight is 506 g/mol. The molecule has 1 heterocycles. The number of piperazine rings is 1. The van der Waals surface area contributed by atoms with E-state index in [0.29, 0.717) is 6.04 Å². The third-order valence-electron chi connectivity index (χ3n) is 5.19. The van der Waals surface area contributed by atoms with E-state index in [9.17, 15) is 0 Å². The molecule has 154 valence electrons. The molecule has 1 saturated heterocycles. The summed E-state index contributed by atoms with van der Waals surface area (Å²) >= 11 is 1.78. The number of guanidine groups is 1. The van der Waals surface area contributed by atoms with Crippen LogP contribution in [0.3, 0.4) is 0 Å². The summed E-state index contributed by atoms with van der Waals surface area (Å²) in [6.07, 6.45) is 2.11. The molecule has 0 saturated carbocycles. The lowest BCUT2D eigenvalue weighted by Gasteiger charge is -2.38. The summed E-state index contributed by atoms with van der Waals surface area (Å²) in [7, 11) is 3.96. The van der Waals surface area contributed by atoms with Gasteiger partial charge in [-0.3, -0.25) is 9.89 Å². The zero-order valence-corrected chi connectivity index (χ0v) is 20.6. The minimum absolute atomic E-state index is 0. The van der Waals surface area contributed by atoms with Crippen molar-refractivity contribution < 1.29 is 0 Å². The Kier molecular flexibility index (Phi) is 11.7. The first kappa shape index (κ1) is 24.5. The van der Waals surface area contributed by atoms with E-state index in [2.05, 4.69) is 76.4 Å². The number of aliphatic imine (C=N–C) groups is 1. The highest BCUT2D eigenvalue weighted by Crippen LogP contribution is 2.15. The van der Waals surface area contributed by atoms with E-state index >= 15 is 0 Å². The van der Waals surface area contributed by atoms with Crippen LogP contribution in [0.1, 0.15) is 19.4 Å². The highest BCUT2D eigenvalue weighted by molar-refractivity contribution is 14.0. The molecule has 0 aromatic heterocycles. The van der Waals surface area contributed by atoms with Gasteiger partial charge in [-0.1, -0.05) is 19.1 Å². The fourth-order valence-corrected chi connectivity index (χ4v) is 3.76. The van der Waals surface area contributed by atoms with Crippen molar-refractivity contribution in [2.24, 2.45) is 4.99 Å². The summed E-state index contributed by atoms with van der Waals surface area (Å²) in [5.41, 5.74) is 1.30. The van der Waals surface area contributed by atoms with E-state index in [4.69, 9.17) is 0 Å². The number of rotatable bonds is 7. The molecule has 1 N–H and O–H groups in total. The molecular formula is C20H36IN5S. The summed E-state index contributed by atoms with van der Waals surface area (Å²) in [6, 6.07) is 9.28. The van der Waals surface area contributed by atoms with Crippen LogP contribution >= 0.6 is 35.7 Å². The van der Waals surface area contributed by atoms with Crippen LogP contribution in [0.2, 0.25) is 0 Å². The van der Waals surface area contributed by atoms with Crippen LogP contribution in [0.25, 0.3) is 0 Å². The maximum Gasteiger partial charge on any atom is 0.193 e. The Morgan fingerprint density at radius 3 is 2.37 bits per heavy atom. The van der Waals surface area contributed by atoms with Gasteiger partial charge in [0.2, 0.25) is 0 Å². The fourth-order valence-electron chi connectivity index (χ4n) is 3.35. The second-order valence-corrected chi connectivity index (χ2v) is 7.83. The van der Waals surface area contributed by atoms with Crippen molar-refractivity contribution in [2.45, 2.75) is 31.3 Å². The first-order chi connectivity index (χ1) is 12.6. The third kappa shape index (κ3) is 7.79. The molecule has 7 heteroatoms. The van der Waals surface area contributed by atoms with Crippen LogP contribution in [-0.4, -0.2) is 86.3 Å². The number of hydrogen-bond acceptors (Lipinski definition) is 4. The van der Waals surface area contributed by atoms with Gasteiger partial charge in [0.15, 0.2) is 5.96 Å².